The van der Waals surface area contributed by atoms with Crippen molar-refractivity contribution in [1.29, 1.82) is 0 Å². The van der Waals surface area contributed by atoms with Crippen molar-refractivity contribution in [2.24, 2.45) is 0 Å². The van der Waals surface area contributed by atoms with Gasteiger partial charge in [0.2, 0.25) is 0 Å². The molecule has 2 aromatic carbocycles. The third-order valence-corrected chi connectivity index (χ3v) is 4.45. The van der Waals surface area contributed by atoms with Gasteiger partial charge < -0.3 is 4.90 Å². The van der Waals surface area contributed by atoms with Crippen LogP contribution in [0.5, 0.6) is 0 Å². The second-order valence-corrected chi connectivity index (χ2v) is 6.64. The summed E-state index contributed by atoms with van der Waals surface area (Å²) in [7, 11) is 3.34. The number of nitrogens with one attached hydrogen (secondary N) is 1. The number of para-hydroxylation sites is 1. The highest BCUT2D eigenvalue weighted by Crippen LogP contribution is 2.30. The van der Waals surface area contributed by atoms with Gasteiger partial charge in [0, 0.05) is 20.2 Å². The topological polar surface area (TPSA) is 113 Å². The number of imide groups is 2. The third kappa shape index (κ3) is 3.70. The molecule has 0 spiro atoms. The molecule has 1 N–H and O–H groups in total. The maximum Gasteiger partial charge on any atom is 0.335 e. The standard InChI is InChI=1S/C20H18N4O5/c1-12-6-4-5-7-15(12)23-19(26)14(18(25)21-20(23)27)10-13-8-9-16(22(2)3)17(11-13)24(28)29/h4-11H,1-3H3,(H,21,25,27). The summed E-state index contributed by atoms with van der Waals surface area (Å²) in [5.41, 5.74) is 1.24. The van der Waals surface area contributed by atoms with Crippen molar-refractivity contribution in [3.05, 3.63) is 69.3 Å². The fraction of sp³-hybridized carbons (Fsp3) is 0.150. The van der Waals surface area contributed by atoms with Crippen LogP contribution in [0.4, 0.5) is 21.9 Å². The molecule has 9 heteroatoms. The summed E-state index contributed by atoms with van der Waals surface area (Å²) in [6, 6.07) is 10.3. The lowest BCUT2D eigenvalue weighted by atomic mass is 10.0. The summed E-state index contributed by atoms with van der Waals surface area (Å²) in [4.78, 5) is 50.8. The van der Waals surface area contributed by atoms with Crippen LogP contribution >= 0.6 is 0 Å². The Morgan fingerprint density at radius 2 is 1.79 bits per heavy atom. The van der Waals surface area contributed by atoms with E-state index in [1.54, 1.807) is 56.3 Å². The lowest BCUT2D eigenvalue weighted by Gasteiger charge is -2.27. The van der Waals surface area contributed by atoms with Gasteiger partial charge in [0.25, 0.3) is 17.5 Å². The van der Waals surface area contributed by atoms with Crippen molar-refractivity contribution in [1.82, 2.24) is 5.32 Å². The van der Waals surface area contributed by atoms with Gasteiger partial charge in [-0.25, -0.2) is 9.69 Å². The largest absolute Gasteiger partial charge is 0.372 e. The quantitative estimate of drug-likeness (QED) is 0.369. The van der Waals surface area contributed by atoms with E-state index in [2.05, 4.69) is 5.32 Å². The molecule has 0 atom stereocenters. The average molecular weight is 394 g/mol. The Balaban J connectivity index is 2.07. The zero-order chi connectivity index (χ0) is 21.3. The number of nitro groups is 1. The Morgan fingerprint density at radius 1 is 1.10 bits per heavy atom. The minimum absolute atomic E-state index is 0.167. The summed E-state index contributed by atoms with van der Waals surface area (Å²) >= 11 is 0. The van der Waals surface area contributed by atoms with Crippen LogP contribution < -0.4 is 15.1 Å². The third-order valence-electron chi connectivity index (χ3n) is 4.45. The van der Waals surface area contributed by atoms with Crippen molar-refractivity contribution < 1.29 is 19.3 Å². The molecule has 2 aromatic rings. The second-order valence-electron chi connectivity index (χ2n) is 6.64. The molecule has 1 aliphatic rings. The summed E-state index contributed by atoms with van der Waals surface area (Å²) < 4.78 is 0. The van der Waals surface area contributed by atoms with Crippen LogP contribution in [-0.2, 0) is 9.59 Å². The van der Waals surface area contributed by atoms with Crippen LogP contribution in [0.3, 0.4) is 0 Å². The molecule has 1 heterocycles. The fourth-order valence-corrected chi connectivity index (χ4v) is 3.01. The fourth-order valence-electron chi connectivity index (χ4n) is 3.01. The van der Waals surface area contributed by atoms with Crippen LogP contribution in [0.15, 0.2) is 48.0 Å². The van der Waals surface area contributed by atoms with Gasteiger partial charge in [0.1, 0.15) is 11.3 Å². The number of nitrogens with zero attached hydrogens (tertiary/aromatic N) is 3. The van der Waals surface area contributed by atoms with E-state index in [1.165, 1.54) is 18.2 Å². The number of rotatable bonds is 4. The predicted molar refractivity (Wildman–Crippen MR) is 108 cm³/mol. The van der Waals surface area contributed by atoms with Crippen LogP contribution in [-0.4, -0.2) is 36.9 Å². The van der Waals surface area contributed by atoms with E-state index >= 15 is 0 Å². The normalized spacial score (nSPS) is 15.5. The van der Waals surface area contributed by atoms with E-state index in [1.807, 2.05) is 0 Å². The number of carbonyl (C=O) groups is 3. The number of urea groups is 1. The Hall–Kier alpha value is -4.01. The van der Waals surface area contributed by atoms with Crippen LogP contribution in [0.25, 0.3) is 6.08 Å². The van der Waals surface area contributed by atoms with Gasteiger partial charge in [-0.3, -0.25) is 25.0 Å². The van der Waals surface area contributed by atoms with E-state index in [0.717, 1.165) is 4.90 Å². The van der Waals surface area contributed by atoms with Gasteiger partial charge >= 0.3 is 6.03 Å². The number of barbiturate groups is 1. The molecule has 0 unspecified atom stereocenters. The van der Waals surface area contributed by atoms with Crippen molar-refractivity contribution in [3.8, 4) is 0 Å². The van der Waals surface area contributed by atoms with Crippen molar-refractivity contribution in [3.63, 3.8) is 0 Å². The molecule has 1 fully saturated rings. The minimum atomic E-state index is -0.857. The SMILES string of the molecule is Cc1ccccc1N1C(=O)NC(=O)C(=Cc2ccc(N(C)C)c([N+](=O)[O-])c2)C1=O. The molecule has 0 radical (unpaired) electrons. The van der Waals surface area contributed by atoms with Gasteiger partial charge in [-0.2, -0.15) is 0 Å². The van der Waals surface area contributed by atoms with Crippen LogP contribution in [0.1, 0.15) is 11.1 Å². The van der Waals surface area contributed by atoms with Crippen molar-refractivity contribution in [2.45, 2.75) is 6.92 Å². The molecular weight excluding hydrogens is 376 g/mol. The van der Waals surface area contributed by atoms with Crippen molar-refractivity contribution >= 4 is 41.0 Å². The van der Waals surface area contributed by atoms with Crippen LogP contribution in [0.2, 0.25) is 0 Å². The molecule has 0 aliphatic carbocycles. The number of hydrogen-bond acceptors (Lipinski definition) is 6. The Labute approximate surface area is 166 Å². The summed E-state index contributed by atoms with van der Waals surface area (Å²) in [6.07, 6.45) is 1.24. The number of benzene rings is 2. The molecule has 1 aliphatic heterocycles. The number of nitro benzene ring substituents is 1. The van der Waals surface area contributed by atoms with Crippen LogP contribution in [0, 0.1) is 17.0 Å². The van der Waals surface area contributed by atoms with E-state index in [9.17, 15) is 24.5 Å². The minimum Gasteiger partial charge on any atom is -0.372 e. The first-order chi connectivity index (χ1) is 13.7. The Bertz CT molecular complexity index is 1070. The van der Waals surface area contributed by atoms with E-state index < -0.39 is 22.8 Å². The summed E-state index contributed by atoms with van der Waals surface area (Å²) in [5.74, 6) is -1.66. The van der Waals surface area contributed by atoms with Gasteiger partial charge in [0.15, 0.2) is 0 Å². The van der Waals surface area contributed by atoms with E-state index in [0.29, 0.717) is 22.5 Å². The first-order valence-electron chi connectivity index (χ1n) is 8.63. The first kappa shape index (κ1) is 19.7. The smallest absolute Gasteiger partial charge is 0.335 e. The summed E-state index contributed by atoms with van der Waals surface area (Å²) in [5, 5.41) is 13.5. The zero-order valence-corrected chi connectivity index (χ0v) is 16.0. The highest BCUT2D eigenvalue weighted by Gasteiger charge is 2.37. The predicted octanol–water partition coefficient (Wildman–Crippen LogP) is 2.64. The summed E-state index contributed by atoms with van der Waals surface area (Å²) in [6.45, 7) is 1.74. The Kier molecular flexibility index (Phi) is 5.14. The highest BCUT2D eigenvalue weighted by molar-refractivity contribution is 6.39. The maximum atomic E-state index is 12.9. The van der Waals surface area contributed by atoms with E-state index in [4.69, 9.17) is 0 Å². The molecule has 9 nitrogen and oxygen atoms in total. The van der Waals surface area contributed by atoms with Gasteiger partial charge in [-0.05, 0) is 36.3 Å². The van der Waals surface area contributed by atoms with Crippen molar-refractivity contribution in [2.75, 3.05) is 23.9 Å². The molecule has 0 aromatic heterocycles. The van der Waals surface area contributed by atoms with Gasteiger partial charge in [-0.1, -0.05) is 24.3 Å². The molecule has 4 amide bonds. The number of anilines is 2. The van der Waals surface area contributed by atoms with E-state index in [-0.39, 0.29) is 11.3 Å². The molecule has 0 saturated carbocycles. The number of hydrogen-bond donors (Lipinski definition) is 1. The molecule has 0 bridgehead atoms. The zero-order valence-electron chi connectivity index (χ0n) is 16.0. The highest BCUT2D eigenvalue weighted by atomic mass is 16.6. The monoisotopic (exact) mass is 394 g/mol. The number of aryl methyl sites for hydroxylation is 1. The molecule has 3 rings (SSSR count). The van der Waals surface area contributed by atoms with Gasteiger partial charge in [-0.15, -0.1) is 0 Å². The first-order valence-corrected chi connectivity index (χ1v) is 8.63. The Morgan fingerprint density at radius 3 is 2.41 bits per heavy atom. The molecular formula is C20H18N4O5. The maximum absolute atomic E-state index is 12.9. The molecule has 148 valence electrons. The average Bonchev–Trinajstić information content (AvgIpc) is 2.66. The molecule has 29 heavy (non-hydrogen) atoms. The number of amides is 4. The second kappa shape index (κ2) is 7.55. The number of carbonyl (C=O) groups excluding carboxylic acids is 3. The lowest BCUT2D eigenvalue weighted by Crippen LogP contribution is -2.54. The molecule has 1 saturated heterocycles. The van der Waals surface area contributed by atoms with Gasteiger partial charge in [0.05, 0.1) is 10.6 Å². The lowest BCUT2D eigenvalue weighted by molar-refractivity contribution is -0.384.